The summed E-state index contributed by atoms with van der Waals surface area (Å²) in [6.45, 7) is 3.07. The van der Waals surface area contributed by atoms with Crippen molar-refractivity contribution in [3.8, 4) is 0 Å². The van der Waals surface area contributed by atoms with Crippen molar-refractivity contribution >= 4 is 17.5 Å². The molecule has 7 unspecified atom stereocenters. The lowest BCUT2D eigenvalue weighted by Gasteiger charge is -2.47. The number of carbonyl (C=O) groups is 1. The lowest BCUT2D eigenvalue weighted by atomic mass is 9.78. The van der Waals surface area contributed by atoms with E-state index >= 15 is 0 Å². The fraction of sp³-hybridized carbons (Fsp3) is 0.952. The molecule has 0 aromatic carbocycles. The molecule has 11 heteroatoms. The standard InChI is InChI=1S/C21H34ClF4N5O/c22-16-2-1-13(7-15(16)21(24,25)26)17-28-9-14(10-29-19(32)20(23)4-5-20)18(30-17)31-6-3-12(8-27)11-31/h12-18,28,30H,1-11,27H2,(H,29,32). The minimum atomic E-state index is -4.31. The van der Waals surface area contributed by atoms with Gasteiger partial charge in [0.2, 0.25) is 0 Å². The molecule has 4 aliphatic rings. The molecular weight excluding hydrogens is 450 g/mol. The van der Waals surface area contributed by atoms with Crippen LogP contribution in [0, 0.1) is 23.7 Å². The summed E-state index contributed by atoms with van der Waals surface area (Å²) >= 11 is 6.02. The molecule has 2 aliphatic carbocycles. The second kappa shape index (κ2) is 9.52. The van der Waals surface area contributed by atoms with Crippen LogP contribution in [-0.4, -0.2) is 73.1 Å². The Morgan fingerprint density at radius 3 is 2.62 bits per heavy atom. The van der Waals surface area contributed by atoms with E-state index < -0.39 is 29.0 Å². The lowest BCUT2D eigenvalue weighted by molar-refractivity contribution is -0.186. The SMILES string of the molecule is NCC1CCN(C2NC(C3CCC(Cl)C(C(F)(F)F)C3)NCC2CNC(=O)C2(F)CC2)C1. The van der Waals surface area contributed by atoms with Gasteiger partial charge >= 0.3 is 6.18 Å². The van der Waals surface area contributed by atoms with Crippen LogP contribution in [0.15, 0.2) is 0 Å². The molecule has 184 valence electrons. The van der Waals surface area contributed by atoms with Crippen LogP contribution in [0.2, 0.25) is 0 Å². The van der Waals surface area contributed by atoms with Gasteiger partial charge < -0.3 is 16.4 Å². The molecule has 2 heterocycles. The molecule has 0 bridgehead atoms. The second-order valence-electron chi connectivity index (χ2n) is 10.1. The summed E-state index contributed by atoms with van der Waals surface area (Å²) in [7, 11) is 0. The first kappa shape index (κ1) is 24.4. The molecule has 0 aromatic rings. The number of hydrogen-bond donors (Lipinski definition) is 4. The highest BCUT2D eigenvalue weighted by atomic mass is 35.5. The summed E-state index contributed by atoms with van der Waals surface area (Å²) in [6, 6.07) is 0. The van der Waals surface area contributed by atoms with E-state index in [0.717, 1.165) is 19.5 Å². The van der Waals surface area contributed by atoms with Crippen LogP contribution >= 0.6 is 11.6 Å². The molecule has 2 aliphatic heterocycles. The first-order valence-corrected chi connectivity index (χ1v) is 12.2. The van der Waals surface area contributed by atoms with Crippen molar-refractivity contribution in [2.75, 3.05) is 32.7 Å². The average molecular weight is 484 g/mol. The van der Waals surface area contributed by atoms with Crippen LogP contribution in [-0.2, 0) is 4.79 Å². The first-order chi connectivity index (χ1) is 15.1. The zero-order valence-electron chi connectivity index (χ0n) is 18.1. The molecule has 4 fully saturated rings. The average Bonchev–Trinajstić information content (AvgIpc) is 3.33. The highest BCUT2D eigenvalue weighted by molar-refractivity contribution is 6.20. The summed E-state index contributed by atoms with van der Waals surface area (Å²) in [5.41, 5.74) is 4.13. The first-order valence-electron chi connectivity index (χ1n) is 11.7. The van der Waals surface area contributed by atoms with Gasteiger partial charge in [-0.3, -0.25) is 15.0 Å². The molecule has 0 spiro atoms. The molecule has 7 atom stereocenters. The van der Waals surface area contributed by atoms with Gasteiger partial charge in [0.15, 0.2) is 5.67 Å². The quantitative estimate of drug-likeness (QED) is 0.343. The molecule has 5 N–H and O–H groups in total. The predicted octanol–water partition coefficient (Wildman–Crippen LogP) is 1.93. The van der Waals surface area contributed by atoms with E-state index in [0.29, 0.717) is 38.4 Å². The van der Waals surface area contributed by atoms with Crippen LogP contribution in [0.4, 0.5) is 17.6 Å². The van der Waals surface area contributed by atoms with Gasteiger partial charge in [0.05, 0.1) is 18.2 Å². The van der Waals surface area contributed by atoms with E-state index in [1.54, 1.807) is 0 Å². The Morgan fingerprint density at radius 2 is 2.00 bits per heavy atom. The van der Waals surface area contributed by atoms with Crippen LogP contribution in [0.5, 0.6) is 0 Å². The third-order valence-corrected chi connectivity index (χ3v) is 8.28. The van der Waals surface area contributed by atoms with Crippen molar-refractivity contribution in [1.82, 2.24) is 20.9 Å². The number of carbonyl (C=O) groups excluding carboxylic acids is 1. The largest absolute Gasteiger partial charge is 0.393 e. The Kier molecular flexibility index (Phi) is 7.27. The summed E-state index contributed by atoms with van der Waals surface area (Å²) in [5, 5.41) is 8.78. The number of nitrogens with two attached hydrogens (primary N) is 1. The van der Waals surface area contributed by atoms with Gasteiger partial charge in [-0.2, -0.15) is 13.2 Å². The number of likely N-dealkylation sites (tertiary alicyclic amines) is 1. The third-order valence-electron chi connectivity index (χ3n) is 7.76. The number of nitrogens with zero attached hydrogens (tertiary/aromatic N) is 1. The molecular formula is C21H34ClF4N5O. The summed E-state index contributed by atoms with van der Waals surface area (Å²) in [4.78, 5) is 14.4. The normalized spacial score (nSPS) is 40.2. The zero-order chi connectivity index (χ0) is 23.1. The van der Waals surface area contributed by atoms with Gasteiger partial charge in [-0.05, 0) is 56.9 Å². The van der Waals surface area contributed by atoms with E-state index in [2.05, 4.69) is 20.9 Å². The minimum Gasteiger partial charge on any atom is -0.353 e. The van der Waals surface area contributed by atoms with Crippen molar-refractivity contribution in [3.63, 3.8) is 0 Å². The van der Waals surface area contributed by atoms with E-state index in [1.807, 2.05) is 0 Å². The second-order valence-corrected chi connectivity index (χ2v) is 10.6. The van der Waals surface area contributed by atoms with Crippen molar-refractivity contribution in [2.24, 2.45) is 29.4 Å². The Bertz CT molecular complexity index is 679. The fourth-order valence-electron chi connectivity index (χ4n) is 5.49. The number of alkyl halides is 5. The molecule has 1 amide bonds. The third kappa shape index (κ3) is 5.35. The number of amides is 1. The molecule has 2 saturated carbocycles. The Morgan fingerprint density at radius 1 is 1.25 bits per heavy atom. The van der Waals surface area contributed by atoms with E-state index in [9.17, 15) is 22.4 Å². The van der Waals surface area contributed by atoms with Crippen molar-refractivity contribution in [2.45, 2.75) is 68.1 Å². The predicted molar refractivity (Wildman–Crippen MR) is 114 cm³/mol. The Labute approximate surface area is 191 Å². The maximum Gasteiger partial charge on any atom is 0.393 e. The van der Waals surface area contributed by atoms with Crippen molar-refractivity contribution in [1.29, 1.82) is 0 Å². The van der Waals surface area contributed by atoms with E-state index in [4.69, 9.17) is 17.3 Å². The molecule has 2 saturated heterocycles. The van der Waals surface area contributed by atoms with Gasteiger partial charge in [-0.15, -0.1) is 11.6 Å². The highest BCUT2D eigenvalue weighted by Crippen LogP contribution is 2.44. The number of rotatable bonds is 6. The van der Waals surface area contributed by atoms with Crippen LogP contribution in [0.1, 0.15) is 38.5 Å². The minimum absolute atomic E-state index is 0.00769. The molecule has 0 radical (unpaired) electrons. The van der Waals surface area contributed by atoms with Crippen LogP contribution < -0.4 is 21.7 Å². The number of hydrogen-bond acceptors (Lipinski definition) is 5. The smallest absolute Gasteiger partial charge is 0.353 e. The van der Waals surface area contributed by atoms with Crippen LogP contribution in [0.3, 0.4) is 0 Å². The Hall–Kier alpha value is -0.680. The molecule has 4 rings (SSSR count). The zero-order valence-corrected chi connectivity index (χ0v) is 18.9. The van der Waals surface area contributed by atoms with Crippen molar-refractivity contribution < 1.29 is 22.4 Å². The topological polar surface area (TPSA) is 82.4 Å². The maximum atomic E-state index is 14.0. The Balaban J connectivity index is 1.42. The van der Waals surface area contributed by atoms with Gasteiger partial charge in [0, 0.05) is 37.5 Å². The summed E-state index contributed by atoms with van der Waals surface area (Å²) < 4.78 is 54.4. The molecule has 6 nitrogen and oxygen atoms in total. The summed E-state index contributed by atoms with van der Waals surface area (Å²) in [6.07, 6.45) is -2.26. The maximum absolute atomic E-state index is 14.0. The van der Waals surface area contributed by atoms with E-state index in [-0.39, 0.29) is 43.4 Å². The van der Waals surface area contributed by atoms with Gasteiger partial charge in [0.25, 0.3) is 5.91 Å². The van der Waals surface area contributed by atoms with E-state index in [1.165, 1.54) is 0 Å². The van der Waals surface area contributed by atoms with Crippen molar-refractivity contribution in [3.05, 3.63) is 0 Å². The highest BCUT2D eigenvalue weighted by Gasteiger charge is 2.52. The number of halogens is 5. The number of nitrogens with one attached hydrogen (secondary N) is 3. The van der Waals surface area contributed by atoms with Gasteiger partial charge in [-0.25, -0.2) is 4.39 Å². The van der Waals surface area contributed by atoms with Crippen LogP contribution in [0.25, 0.3) is 0 Å². The molecule has 0 aromatic heterocycles. The molecule has 32 heavy (non-hydrogen) atoms. The van der Waals surface area contributed by atoms with Gasteiger partial charge in [0.1, 0.15) is 0 Å². The fourth-order valence-corrected chi connectivity index (χ4v) is 5.87. The monoisotopic (exact) mass is 483 g/mol. The lowest BCUT2D eigenvalue weighted by Crippen LogP contribution is -2.68. The van der Waals surface area contributed by atoms with Gasteiger partial charge in [-0.1, -0.05) is 0 Å². The summed E-state index contributed by atoms with van der Waals surface area (Å²) in [5.74, 6) is -1.91.